The van der Waals surface area contributed by atoms with Crippen molar-refractivity contribution in [3.8, 4) is 10.7 Å². The lowest BCUT2D eigenvalue weighted by Gasteiger charge is -2.36. The van der Waals surface area contributed by atoms with Crippen molar-refractivity contribution in [2.75, 3.05) is 38.7 Å². The number of amides is 1. The number of carbonyl (C=O) groups excluding carboxylic acids is 1. The zero-order chi connectivity index (χ0) is 25.4. The number of halogens is 2. The maximum Gasteiger partial charge on any atom is 0.262 e. The molecule has 2 fully saturated rings. The Morgan fingerprint density at radius 1 is 1.31 bits per heavy atom. The van der Waals surface area contributed by atoms with Gasteiger partial charge in [0.05, 0.1) is 43.4 Å². The van der Waals surface area contributed by atoms with Crippen molar-refractivity contribution < 1.29 is 18.3 Å². The van der Waals surface area contributed by atoms with E-state index in [1.165, 1.54) is 11.3 Å². The SMILES string of the molecule is C[C@H]1CN(C)CC[C@H]1Nc1cccc2c1cc(-c1nnc(CNC(=O)C3COC3)s1)n2CC(C)(F)F. The third kappa shape index (κ3) is 5.37. The molecule has 1 aromatic carbocycles. The Hall–Kier alpha value is -2.63. The fourth-order valence-electron chi connectivity index (χ4n) is 4.93. The summed E-state index contributed by atoms with van der Waals surface area (Å²) >= 11 is 1.30. The molecule has 2 atom stereocenters. The number of hydrogen-bond acceptors (Lipinski definition) is 7. The number of ether oxygens (including phenoxy) is 1. The maximum atomic E-state index is 14.3. The lowest BCUT2D eigenvalue weighted by atomic mass is 9.94. The Labute approximate surface area is 213 Å². The lowest BCUT2D eigenvalue weighted by Crippen LogP contribution is -2.43. The molecule has 0 radical (unpaired) electrons. The molecule has 0 saturated carbocycles. The van der Waals surface area contributed by atoms with Crippen LogP contribution in [0.15, 0.2) is 24.3 Å². The molecule has 36 heavy (non-hydrogen) atoms. The number of likely N-dealkylation sites (tertiary alicyclic amines) is 1. The van der Waals surface area contributed by atoms with Gasteiger partial charge in [-0.1, -0.05) is 24.3 Å². The minimum absolute atomic E-state index is 0.0726. The van der Waals surface area contributed by atoms with Gasteiger partial charge in [0.1, 0.15) is 5.01 Å². The number of nitrogens with zero attached hydrogens (tertiary/aromatic N) is 4. The van der Waals surface area contributed by atoms with Gasteiger partial charge in [0.25, 0.3) is 5.92 Å². The molecule has 2 aromatic heterocycles. The molecule has 0 bridgehead atoms. The Balaban J connectivity index is 1.44. The van der Waals surface area contributed by atoms with E-state index in [4.69, 9.17) is 4.74 Å². The molecule has 0 aliphatic carbocycles. The minimum atomic E-state index is -2.90. The molecule has 3 aromatic rings. The molecule has 0 spiro atoms. The number of benzene rings is 1. The van der Waals surface area contributed by atoms with Crippen LogP contribution in [0.25, 0.3) is 21.6 Å². The van der Waals surface area contributed by atoms with Gasteiger partial charge in [0.15, 0.2) is 5.01 Å². The van der Waals surface area contributed by atoms with Gasteiger partial charge in [-0.25, -0.2) is 8.78 Å². The number of hydrogen-bond donors (Lipinski definition) is 2. The second kappa shape index (κ2) is 10.0. The molecule has 11 heteroatoms. The summed E-state index contributed by atoms with van der Waals surface area (Å²) in [7, 11) is 2.13. The number of carbonyl (C=O) groups is 1. The predicted molar refractivity (Wildman–Crippen MR) is 136 cm³/mol. The van der Waals surface area contributed by atoms with Crippen LogP contribution >= 0.6 is 11.3 Å². The summed E-state index contributed by atoms with van der Waals surface area (Å²) in [6, 6.07) is 8.03. The standard InChI is InChI=1S/C25H32F2N6O2S/c1-15-11-32(3)8-7-18(15)29-19-5-4-6-20-17(19)9-21(33(20)14-25(2,26)27)24-31-30-22(36-24)10-28-23(34)16-12-35-13-16/h4-6,9,15-16,18,29H,7-8,10-14H2,1-3H3,(H,28,34)/t15-,18+/m0/s1. The molecule has 194 valence electrons. The topological polar surface area (TPSA) is 84.3 Å². The van der Waals surface area contributed by atoms with Crippen LogP contribution in [-0.2, 0) is 22.6 Å². The average molecular weight is 519 g/mol. The van der Waals surface area contributed by atoms with Gasteiger partial charge < -0.3 is 24.8 Å². The van der Waals surface area contributed by atoms with Crippen molar-refractivity contribution in [1.82, 2.24) is 25.0 Å². The largest absolute Gasteiger partial charge is 0.381 e. The first-order chi connectivity index (χ1) is 17.2. The van der Waals surface area contributed by atoms with Gasteiger partial charge in [0, 0.05) is 30.6 Å². The molecular weight excluding hydrogens is 486 g/mol. The summed E-state index contributed by atoms with van der Waals surface area (Å²) < 4.78 is 35.2. The lowest BCUT2D eigenvalue weighted by molar-refractivity contribution is -0.139. The average Bonchev–Trinajstić information content (AvgIpc) is 3.37. The van der Waals surface area contributed by atoms with Crippen LogP contribution in [0.3, 0.4) is 0 Å². The van der Waals surface area contributed by atoms with E-state index in [-0.39, 0.29) is 18.4 Å². The highest BCUT2D eigenvalue weighted by molar-refractivity contribution is 7.14. The second-order valence-corrected chi connectivity index (χ2v) is 11.2. The van der Waals surface area contributed by atoms with Gasteiger partial charge in [-0.05, 0) is 44.1 Å². The first kappa shape index (κ1) is 25.0. The van der Waals surface area contributed by atoms with Crippen molar-refractivity contribution in [2.24, 2.45) is 11.8 Å². The molecule has 4 heterocycles. The van der Waals surface area contributed by atoms with Crippen LogP contribution < -0.4 is 10.6 Å². The number of alkyl halides is 2. The van der Waals surface area contributed by atoms with E-state index in [9.17, 15) is 13.6 Å². The zero-order valence-corrected chi connectivity index (χ0v) is 21.6. The van der Waals surface area contributed by atoms with Crippen LogP contribution in [0.5, 0.6) is 0 Å². The van der Waals surface area contributed by atoms with Gasteiger partial charge >= 0.3 is 0 Å². The van der Waals surface area contributed by atoms with Crippen LogP contribution in [0.1, 0.15) is 25.3 Å². The number of aromatic nitrogens is 3. The quantitative estimate of drug-likeness (QED) is 0.472. The summed E-state index contributed by atoms with van der Waals surface area (Å²) in [4.78, 5) is 14.4. The molecule has 2 aliphatic heterocycles. The molecule has 0 unspecified atom stereocenters. The van der Waals surface area contributed by atoms with Gasteiger partial charge in [-0.2, -0.15) is 0 Å². The number of piperidine rings is 1. The number of anilines is 1. The Kier molecular flexibility index (Phi) is 6.97. The second-order valence-electron chi connectivity index (χ2n) is 10.2. The minimum Gasteiger partial charge on any atom is -0.381 e. The van der Waals surface area contributed by atoms with Crippen molar-refractivity contribution >= 4 is 33.8 Å². The monoisotopic (exact) mass is 518 g/mol. The highest BCUT2D eigenvalue weighted by Gasteiger charge is 2.29. The zero-order valence-electron chi connectivity index (χ0n) is 20.8. The smallest absolute Gasteiger partial charge is 0.262 e. The van der Waals surface area contributed by atoms with Crippen LogP contribution in [0.4, 0.5) is 14.5 Å². The molecule has 1 amide bonds. The van der Waals surface area contributed by atoms with E-state index >= 15 is 0 Å². The number of rotatable bonds is 8. The predicted octanol–water partition coefficient (Wildman–Crippen LogP) is 3.83. The summed E-state index contributed by atoms with van der Waals surface area (Å²) in [5.74, 6) is -2.63. The highest BCUT2D eigenvalue weighted by atomic mass is 32.1. The fraction of sp³-hybridized carbons (Fsp3) is 0.560. The molecule has 8 nitrogen and oxygen atoms in total. The van der Waals surface area contributed by atoms with Crippen molar-refractivity contribution in [2.45, 2.75) is 45.3 Å². The van der Waals surface area contributed by atoms with Crippen molar-refractivity contribution in [1.29, 1.82) is 0 Å². The fourth-order valence-corrected chi connectivity index (χ4v) is 5.73. The van der Waals surface area contributed by atoms with E-state index in [0.717, 1.165) is 43.0 Å². The molecule has 5 rings (SSSR count). The summed E-state index contributed by atoms with van der Waals surface area (Å²) in [5.41, 5.74) is 2.26. The van der Waals surface area contributed by atoms with Gasteiger partial charge in [0.2, 0.25) is 5.91 Å². The maximum absolute atomic E-state index is 14.3. The van der Waals surface area contributed by atoms with E-state index in [1.54, 1.807) is 4.57 Å². The van der Waals surface area contributed by atoms with E-state index < -0.39 is 12.5 Å². The summed E-state index contributed by atoms with van der Waals surface area (Å²) in [6.45, 7) is 5.85. The molecular formula is C25H32F2N6O2S. The number of nitrogens with one attached hydrogen (secondary N) is 2. The first-order valence-electron chi connectivity index (χ1n) is 12.3. The third-order valence-corrected chi connectivity index (χ3v) is 7.89. The molecule has 2 N–H and O–H groups in total. The Bertz CT molecular complexity index is 1240. The van der Waals surface area contributed by atoms with Crippen LogP contribution in [0, 0.1) is 11.8 Å². The third-order valence-electron chi connectivity index (χ3n) is 6.94. The van der Waals surface area contributed by atoms with E-state index in [1.807, 2.05) is 24.3 Å². The summed E-state index contributed by atoms with van der Waals surface area (Å²) in [5, 5.41) is 17.1. The Morgan fingerprint density at radius 3 is 2.81 bits per heavy atom. The number of fused-ring (bicyclic) bond motifs is 1. The highest BCUT2D eigenvalue weighted by Crippen LogP contribution is 2.36. The molecule has 2 aliphatic rings. The van der Waals surface area contributed by atoms with E-state index in [0.29, 0.717) is 40.9 Å². The molecule has 2 saturated heterocycles. The Morgan fingerprint density at radius 2 is 2.11 bits per heavy atom. The van der Waals surface area contributed by atoms with Gasteiger partial charge in [-0.3, -0.25) is 4.79 Å². The van der Waals surface area contributed by atoms with Gasteiger partial charge in [-0.15, -0.1) is 10.2 Å². The van der Waals surface area contributed by atoms with Crippen LogP contribution in [-0.4, -0.2) is 70.9 Å². The van der Waals surface area contributed by atoms with E-state index in [2.05, 4.69) is 39.7 Å². The van der Waals surface area contributed by atoms with Crippen molar-refractivity contribution in [3.63, 3.8) is 0 Å². The summed E-state index contributed by atoms with van der Waals surface area (Å²) in [6.07, 6.45) is 1.02. The first-order valence-corrected chi connectivity index (χ1v) is 13.1. The normalized spacial score (nSPS) is 21.5. The van der Waals surface area contributed by atoms with Crippen LogP contribution in [0.2, 0.25) is 0 Å². The van der Waals surface area contributed by atoms with Crippen molar-refractivity contribution in [3.05, 3.63) is 29.3 Å².